The average Bonchev–Trinajstić information content (AvgIpc) is 2.84. The van der Waals surface area contributed by atoms with Crippen LogP contribution in [0, 0.1) is 0 Å². The number of nitrogens with one attached hydrogen (secondary N) is 2. The van der Waals surface area contributed by atoms with Crippen molar-refractivity contribution in [3.63, 3.8) is 0 Å². The molecule has 0 aliphatic rings. The predicted octanol–water partition coefficient (Wildman–Crippen LogP) is 6.34. The normalized spacial score (nSPS) is 13.2. The van der Waals surface area contributed by atoms with Crippen LogP contribution in [0.25, 0.3) is 0 Å². The average molecular weight is 499 g/mol. The molecule has 3 N–H and O–H groups in total. The lowest BCUT2D eigenvalue weighted by molar-refractivity contribution is -0.141. The summed E-state index contributed by atoms with van der Waals surface area (Å²) < 4.78 is 0. The van der Waals surface area contributed by atoms with Crippen LogP contribution in [0.5, 0.6) is 0 Å². The highest BCUT2D eigenvalue weighted by Gasteiger charge is 2.17. The molecule has 200 valence electrons. The highest BCUT2D eigenvalue weighted by molar-refractivity contribution is 5.82. The van der Waals surface area contributed by atoms with E-state index < -0.39 is 12.0 Å². The molecular formula is C30H46N2O4. The molecule has 0 rings (SSSR count). The molecule has 2 amide bonds. The smallest absolute Gasteiger partial charge is 0.326 e. The quantitative estimate of drug-likeness (QED) is 0.127. The number of carbonyl (C=O) groups is 3. The van der Waals surface area contributed by atoms with Gasteiger partial charge in [-0.1, -0.05) is 79.8 Å². The molecular weight excluding hydrogens is 452 g/mol. The van der Waals surface area contributed by atoms with Crippen LogP contribution in [-0.2, 0) is 14.4 Å². The summed E-state index contributed by atoms with van der Waals surface area (Å²) in [7, 11) is 0. The SMILES string of the molecule is CC/C=C\C/C=C\C/C=C\C/C=C\C/C=C\C/C=C\CCC(=O)NCCCC[C@H](NC(C)=O)C(=O)O. The number of hydrogen-bond acceptors (Lipinski definition) is 3. The van der Waals surface area contributed by atoms with E-state index in [0.717, 1.165) is 38.5 Å². The standard InChI is InChI=1S/C30H46N2O4/c1-3-4-5-6-7-8-9-10-11-12-13-14-15-16-17-18-19-20-21-25-29(34)31-26-23-22-24-28(30(35)36)32-27(2)33/h4-5,7-8,10-11,13-14,16-17,19-20,28H,3,6,9,12,15,18,21-26H2,1-2H3,(H,31,34)(H,32,33)(H,35,36)/b5-4-,8-7-,11-10-,14-13-,17-16-,20-19-/t28-/m0/s1. The first-order valence-electron chi connectivity index (χ1n) is 13.1. The minimum absolute atomic E-state index is 0.00817. The van der Waals surface area contributed by atoms with Gasteiger partial charge >= 0.3 is 5.97 Å². The molecule has 0 aromatic rings. The fourth-order valence-corrected chi connectivity index (χ4v) is 3.15. The van der Waals surface area contributed by atoms with E-state index >= 15 is 0 Å². The van der Waals surface area contributed by atoms with E-state index in [0.29, 0.717) is 38.6 Å². The molecule has 1 atom stereocenters. The van der Waals surface area contributed by atoms with Crippen LogP contribution in [0.3, 0.4) is 0 Å². The summed E-state index contributed by atoms with van der Waals surface area (Å²) >= 11 is 0. The number of carboxylic acids is 1. The topological polar surface area (TPSA) is 95.5 Å². The second-order valence-corrected chi connectivity index (χ2v) is 8.39. The number of rotatable bonds is 21. The Bertz CT molecular complexity index is 776. The van der Waals surface area contributed by atoms with Crippen molar-refractivity contribution in [2.24, 2.45) is 0 Å². The van der Waals surface area contributed by atoms with E-state index in [4.69, 9.17) is 5.11 Å². The van der Waals surface area contributed by atoms with E-state index in [1.807, 2.05) is 6.08 Å². The van der Waals surface area contributed by atoms with Crippen LogP contribution < -0.4 is 10.6 Å². The molecule has 0 aromatic heterocycles. The molecule has 0 fully saturated rings. The van der Waals surface area contributed by atoms with Crippen molar-refractivity contribution in [1.29, 1.82) is 0 Å². The van der Waals surface area contributed by atoms with Crippen molar-refractivity contribution >= 4 is 17.8 Å². The Morgan fingerprint density at radius 2 is 1.19 bits per heavy atom. The largest absolute Gasteiger partial charge is 0.480 e. The van der Waals surface area contributed by atoms with Crippen LogP contribution in [0.4, 0.5) is 0 Å². The van der Waals surface area contributed by atoms with E-state index in [1.54, 1.807) is 0 Å². The van der Waals surface area contributed by atoms with Gasteiger partial charge in [0.25, 0.3) is 0 Å². The molecule has 0 spiro atoms. The zero-order valence-electron chi connectivity index (χ0n) is 22.2. The highest BCUT2D eigenvalue weighted by Crippen LogP contribution is 2.02. The lowest BCUT2D eigenvalue weighted by Gasteiger charge is -2.12. The summed E-state index contributed by atoms with van der Waals surface area (Å²) in [4.78, 5) is 33.9. The molecule has 0 saturated heterocycles. The Balaban J connectivity index is 3.69. The Morgan fingerprint density at radius 3 is 1.64 bits per heavy atom. The summed E-state index contributed by atoms with van der Waals surface area (Å²) in [6.07, 6.45) is 34.5. The number of carbonyl (C=O) groups excluding carboxylic acids is 2. The summed E-state index contributed by atoms with van der Waals surface area (Å²) in [5, 5.41) is 14.3. The van der Waals surface area contributed by atoms with Gasteiger partial charge in [-0.05, 0) is 64.2 Å². The van der Waals surface area contributed by atoms with Crippen LogP contribution in [0.15, 0.2) is 72.9 Å². The van der Waals surface area contributed by atoms with Crippen molar-refractivity contribution in [2.75, 3.05) is 6.54 Å². The number of amides is 2. The Hall–Kier alpha value is -3.15. The van der Waals surface area contributed by atoms with Gasteiger partial charge in [-0.2, -0.15) is 0 Å². The van der Waals surface area contributed by atoms with E-state index in [1.165, 1.54) is 6.92 Å². The minimum Gasteiger partial charge on any atom is -0.480 e. The molecule has 0 aliphatic carbocycles. The molecule has 0 saturated carbocycles. The third kappa shape index (κ3) is 24.0. The van der Waals surface area contributed by atoms with Crippen molar-refractivity contribution < 1.29 is 19.5 Å². The first kappa shape index (κ1) is 32.8. The number of allylic oxidation sites excluding steroid dienone is 12. The first-order chi connectivity index (χ1) is 17.5. The molecule has 0 aliphatic heterocycles. The second kappa shape index (κ2) is 25.0. The van der Waals surface area contributed by atoms with E-state index in [2.05, 4.69) is 84.4 Å². The van der Waals surface area contributed by atoms with Crippen LogP contribution >= 0.6 is 0 Å². The molecule has 6 heteroatoms. The molecule has 36 heavy (non-hydrogen) atoms. The maximum Gasteiger partial charge on any atom is 0.326 e. The molecule has 0 radical (unpaired) electrons. The molecule has 0 aromatic carbocycles. The molecule has 0 unspecified atom stereocenters. The van der Waals surface area contributed by atoms with Gasteiger partial charge in [0.15, 0.2) is 0 Å². The number of unbranched alkanes of at least 4 members (excludes halogenated alkanes) is 1. The first-order valence-corrected chi connectivity index (χ1v) is 13.1. The maximum absolute atomic E-state index is 11.8. The van der Waals surface area contributed by atoms with Gasteiger partial charge < -0.3 is 15.7 Å². The van der Waals surface area contributed by atoms with Gasteiger partial charge in [0.2, 0.25) is 11.8 Å². The fraction of sp³-hybridized carbons (Fsp3) is 0.500. The van der Waals surface area contributed by atoms with Gasteiger partial charge in [-0.15, -0.1) is 0 Å². The summed E-state index contributed by atoms with van der Waals surface area (Å²) in [5.41, 5.74) is 0. The Kier molecular flexibility index (Phi) is 22.8. The number of aliphatic carboxylic acids is 1. The zero-order chi connectivity index (χ0) is 26.7. The molecule has 0 bridgehead atoms. The lowest BCUT2D eigenvalue weighted by Crippen LogP contribution is -2.39. The van der Waals surface area contributed by atoms with Crippen molar-refractivity contribution in [3.05, 3.63) is 72.9 Å². The third-order valence-corrected chi connectivity index (χ3v) is 5.05. The summed E-state index contributed by atoms with van der Waals surface area (Å²) in [5.74, 6) is -1.40. The summed E-state index contributed by atoms with van der Waals surface area (Å²) in [6.45, 7) is 3.95. The lowest BCUT2D eigenvalue weighted by atomic mass is 10.1. The van der Waals surface area contributed by atoms with Gasteiger partial charge in [0, 0.05) is 19.9 Å². The predicted molar refractivity (Wildman–Crippen MR) is 150 cm³/mol. The summed E-state index contributed by atoms with van der Waals surface area (Å²) in [6, 6.07) is -0.869. The zero-order valence-corrected chi connectivity index (χ0v) is 22.2. The van der Waals surface area contributed by atoms with E-state index in [9.17, 15) is 14.4 Å². The Morgan fingerprint density at radius 1 is 0.722 bits per heavy atom. The van der Waals surface area contributed by atoms with E-state index in [-0.39, 0.29) is 11.8 Å². The Labute approximate surface area is 218 Å². The third-order valence-electron chi connectivity index (χ3n) is 5.05. The highest BCUT2D eigenvalue weighted by atomic mass is 16.4. The van der Waals surface area contributed by atoms with Crippen molar-refractivity contribution in [2.45, 2.75) is 90.5 Å². The van der Waals surface area contributed by atoms with Crippen LogP contribution in [-0.4, -0.2) is 35.5 Å². The second-order valence-electron chi connectivity index (χ2n) is 8.39. The molecule has 6 nitrogen and oxygen atoms in total. The van der Waals surface area contributed by atoms with Gasteiger partial charge in [0.1, 0.15) is 6.04 Å². The number of hydrogen-bond donors (Lipinski definition) is 3. The number of carboxylic acid groups (broad SMARTS) is 1. The monoisotopic (exact) mass is 498 g/mol. The van der Waals surface area contributed by atoms with Gasteiger partial charge in [-0.3, -0.25) is 9.59 Å². The minimum atomic E-state index is -1.04. The fourth-order valence-electron chi connectivity index (χ4n) is 3.15. The van der Waals surface area contributed by atoms with Crippen LogP contribution in [0.1, 0.15) is 84.5 Å². The van der Waals surface area contributed by atoms with Crippen molar-refractivity contribution in [3.8, 4) is 0 Å². The van der Waals surface area contributed by atoms with Crippen molar-refractivity contribution in [1.82, 2.24) is 10.6 Å². The van der Waals surface area contributed by atoms with Crippen LogP contribution in [0.2, 0.25) is 0 Å². The molecule has 0 heterocycles. The van der Waals surface area contributed by atoms with Gasteiger partial charge in [-0.25, -0.2) is 4.79 Å². The van der Waals surface area contributed by atoms with Gasteiger partial charge in [0.05, 0.1) is 0 Å². The maximum atomic E-state index is 11.8.